The van der Waals surface area contributed by atoms with Gasteiger partial charge in [-0.2, -0.15) is 0 Å². The molecule has 2 atom stereocenters. The van der Waals surface area contributed by atoms with Crippen LogP contribution in [0.2, 0.25) is 0 Å². The Hall–Kier alpha value is -4.53. The summed E-state index contributed by atoms with van der Waals surface area (Å²) in [6.07, 6.45) is 71.9. The Kier molecular flexibility index (Phi) is 46.6. The van der Waals surface area contributed by atoms with Crippen LogP contribution in [0.3, 0.4) is 0 Å². The summed E-state index contributed by atoms with van der Waals surface area (Å²) in [7, 11) is 5.39. The summed E-state index contributed by atoms with van der Waals surface area (Å²) in [4.78, 5) is 37.1. The van der Waals surface area contributed by atoms with Crippen molar-refractivity contribution in [2.75, 3.05) is 41.0 Å². The summed E-state index contributed by atoms with van der Waals surface area (Å²) in [5.74, 6) is -1.80. The fourth-order valence-corrected chi connectivity index (χ4v) is 6.98. The molecule has 0 rings (SSSR count). The zero-order chi connectivity index (χ0) is 50.6. The van der Waals surface area contributed by atoms with Gasteiger partial charge in [0.2, 0.25) is 0 Å². The summed E-state index contributed by atoms with van der Waals surface area (Å²) in [6, 6.07) is -0.743. The first-order valence-electron chi connectivity index (χ1n) is 26.7. The van der Waals surface area contributed by atoms with Gasteiger partial charge in [-0.3, -0.25) is 9.59 Å². The van der Waals surface area contributed by atoms with Gasteiger partial charge in [-0.15, -0.1) is 0 Å². The highest BCUT2D eigenvalue weighted by molar-refractivity contribution is 5.70. The minimum absolute atomic E-state index is 0.0154. The first-order valence-corrected chi connectivity index (χ1v) is 26.7. The molecule has 0 bridgehead atoms. The molecule has 69 heavy (non-hydrogen) atoms. The van der Waals surface area contributed by atoms with Crippen LogP contribution in [0.25, 0.3) is 0 Å². The van der Waals surface area contributed by atoms with Gasteiger partial charge in [-0.05, 0) is 109 Å². The number of hydrogen-bond donors (Lipinski definition) is 0. The van der Waals surface area contributed by atoms with Crippen molar-refractivity contribution in [2.24, 2.45) is 0 Å². The Morgan fingerprint density at radius 2 is 0.768 bits per heavy atom. The van der Waals surface area contributed by atoms with Crippen molar-refractivity contribution >= 4 is 17.9 Å². The van der Waals surface area contributed by atoms with Crippen LogP contribution in [0.5, 0.6) is 0 Å². The fourth-order valence-electron chi connectivity index (χ4n) is 6.98. The summed E-state index contributed by atoms with van der Waals surface area (Å²) in [5, 5.41) is 11.7. The molecule has 0 saturated carbocycles. The van der Waals surface area contributed by atoms with E-state index in [1.54, 1.807) is 21.1 Å². The second-order valence-electron chi connectivity index (χ2n) is 18.3. The maximum Gasteiger partial charge on any atom is 0.306 e. The van der Waals surface area contributed by atoms with Gasteiger partial charge >= 0.3 is 11.9 Å². The van der Waals surface area contributed by atoms with Crippen LogP contribution >= 0.6 is 0 Å². The third kappa shape index (κ3) is 48.3. The highest BCUT2D eigenvalue weighted by Gasteiger charge is 2.25. The van der Waals surface area contributed by atoms with Crippen molar-refractivity contribution in [3.63, 3.8) is 0 Å². The summed E-state index contributed by atoms with van der Waals surface area (Å²) in [6.45, 7) is 4.38. The van der Waals surface area contributed by atoms with Gasteiger partial charge in [0, 0.05) is 19.3 Å². The lowest BCUT2D eigenvalue weighted by atomic mass is 10.1. The molecule has 388 valence electrons. The molecule has 0 aliphatic heterocycles. The van der Waals surface area contributed by atoms with Gasteiger partial charge in [0.05, 0.1) is 40.3 Å². The lowest BCUT2D eigenvalue weighted by Gasteiger charge is -2.34. The minimum Gasteiger partial charge on any atom is -0.544 e. The van der Waals surface area contributed by atoms with Crippen LogP contribution in [0.4, 0.5) is 0 Å². The average molecular weight is 956 g/mol. The van der Waals surface area contributed by atoms with Crippen molar-refractivity contribution < 1.29 is 38.2 Å². The van der Waals surface area contributed by atoms with Gasteiger partial charge < -0.3 is 28.6 Å². The smallest absolute Gasteiger partial charge is 0.306 e. The number of nitrogens with zero attached hydrogens (tertiary/aromatic N) is 1. The Bertz CT molecular complexity index is 1580. The molecule has 0 aliphatic carbocycles. The zero-order valence-corrected chi connectivity index (χ0v) is 44.2. The van der Waals surface area contributed by atoms with Gasteiger partial charge in [0.25, 0.3) is 0 Å². The second kappa shape index (κ2) is 49.9. The fraction of sp³-hybridized carbons (Fsp3) is 0.590. The minimum atomic E-state index is -1.14. The summed E-state index contributed by atoms with van der Waals surface area (Å²) in [5.41, 5.74) is 0. The number of likely N-dealkylation sites (N-methyl/N-ethyl adjacent to an activating group) is 1. The Morgan fingerprint density at radius 3 is 1.13 bits per heavy atom. The van der Waals surface area contributed by atoms with Crippen LogP contribution in [0, 0.1) is 0 Å². The Morgan fingerprint density at radius 1 is 0.435 bits per heavy atom. The van der Waals surface area contributed by atoms with E-state index in [1.807, 2.05) is 0 Å². The predicted octanol–water partition coefficient (Wildman–Crippen LogP) is 14.6. The summed E-state index contributed by atoms with van der Waals surface area (Å²) < 4.78 is 17.2. The van der Waals surface area contributed by atoms with Gasteiger partial charge in [0.1, 0.15) is 12.6 Å². The first kappa shape index (κ1) is 64.5. The molecule has 0 N–H and O–H groups in total. The van der Waals surface area contributed by atoms with Crippen LogP contribution in [0.15, 0.2) is 134 Å². The lowest BCUT2D eigenvalue weighted by Crippen LogP contribution is -2.55. The second-order valence-corrected chi connectivity index (χ2v) is 18.3. The third-order valence-electron chi connectivity index (χ3n) is 11.0. The van der Waals surface area contributed by atoms with Gasteiger partial charge in [-0.1, -0.05) is 186 Å². The molecule has 8 nitrogen and oxygen atoms in total. The number of aliphatic carboxylic acids is 1. The van der Waals surface area contributed by atoms with E-state index < -0.39 is 18.1 Å². The van der Waals surface area contributed by atoms with Crippen LogP contribution in [0.1, 0.15) is 181 Å². The maximum atomic E-state index is 12.8. The average Bonchev–Trinajstić information content (AvgIpc) is 3.31. The quantitative estimate of drug-likeness (QED) is 0.0259. The van der Waals surface area contributed by atoms with Gasteiger partial charge in [0.15, 0.2) is 6.10 Å². The molecule has 0 fully saturated rings. The van der Waals surface area contributed by atoms with Crippen molar-refractivity contribution in [1.29, 1.82) is 0 Å². The Labute approximate surface area is 422 Å². The zero-order valence-electron chi connectivity index (χ0n) is 44.2. The number of allylic oxidation sites excluding steroid dienone is 22. The monoisotopic (exact) mass is 956 g/mol. The topological polar surface area (TPSA) is 102 Å². The molecule has 8 heteroatoms. The summed E-state index contributed by atoms with van der Waals surface area (Å²) >= 11 is 0. The van der Waals surface area contributed by atoms with E-state index in [0.717, 1.165) is 135 Å². The SMILES string of the molecule is CC/C=C/C/C=C/C/C=C/C/C=C/C/C=C/C/C=C/CCCCCCC(=O)OC(COCCC(C(=O)[O-])[N+](C)(C)C)COC(=O)CCCCCCCC/C=C/C/C=C/C/C=C/C/C=C/C/C=C/CC. The molecule has 0 aromatic carbocycles. The number of carboxylic acid groups (broad SMARTS) is 1. The largest absolute Gasteiger partial charge is 0.544 e. The van der Waals surface area contributed by atoms with E-state index >= 15 is 0 Å². The highest BCUT2D eigenvalue weighted by Crippen LogP contribution is 2.13. The van der Waals surface area contributed by atoms with Crippen molar-refractivity contribution in [3.8, 4) is 0 Å². The van der Waals surface area contributed by atoms with E-state index in [1.165, 1.54) is 12.8 Å². The van der Waals surface area contributed by atoms with Crippen molar-refractivity contribution in [1.82, 2.24) is 0 Å². The van der Waals surface area contributed by atoms with E-state index in [4.69, 9.17) is 14.2 Å². The molecule has 0 radical (unpaired) electrons. The molecule has 0 aromatic heterocycles. The molecular weight excluding hydrogens is 859 g/mol. The van der Waals surface area contributed by atoms with E-state index in [-0.39, 0.29) is 49.1 Å². The van der Waals surface area contributed by atoms with Crippen molar-refractivity contribution in [3.05, 3.63) is 134 Å². The van der Waals surface area contributed by atoms with E-state index in [9.17, 15) is 19.5 Å². The number of hydrogen-bond acceptors (Lipinski definition) is 7. The molecule has 0 amide bonds. The van der Waals surface area contributed by atoms with Crippen LogP contribution < -0.4 is 5.11 Å². The van der Waals surface area contributed by atoms with Gasteiger partial charge in [-0.25, -0.2) is 0 Å². The molecule has 0 saturated heterocycles. The first-order chi connectivity index (χ1) is 33.6. The van der Waals surface area contributed by atoms with E-state index in [0.29, 0.717) is 6.42 Å². The number of carbonyl (C=O) groups excluding carboxylic acids is 3. The van der Waals surface area contributed by atoms with E-state index in [2.05, 4.69) is 148 Å². The molecule has 0 aliphatic rings. The molecule has 2 unspecified atom stereocenters. The normalized spacial score (nSPS) is 13.9. The molecule has 0 aromatic rings. The number of carbonyl (C=O) groups is 3. The number of rotatable bonds is 46. The Balaban J connectivity index is 4.36. The molecule has 0 spiro atoms. The number of ether oxygens (including phenoxy) is 3. The highest BCUT2D eigenvalue weighted by atomic mass is 16.6. The van der Waals surface area contributed by atoms with Crippen LogP contribution in [-0.4, -0.2) is 75.5 Å². The number of quaternary nitrogens is 1. The standard InChI is InChI=1S/C61H97NO7/c1-6-8-10-12-14-16-18-20-22-24-26-28-30-32-34-36-38-40-42-44-46-48-50-52-60(64)69-57(55-67-54-53-58(61(65)66)62(3,4)5)56-68-59(63)51-49-47-45-43-41-39-37-35-33-31-29-27-25-23-21-19-17-15-13-11-9-7-2/h8-11,14-17,20-23,26-29,32-35,38,40,57-58H,6-7,12-13,18-19,24-25,30-31,36-37,39,41-56H2,1-5H3/b10-8+,11-9+,16-14+,17-15+,22-20+,23-21+,28-26+,29-27+,34-32+,35-33+,40-38+. The molecular formula is C61H97NO7. The number of carboxylic acids is 1. The van der Waals surface area contributed by atoms with Crippen LogP contribution in [-0.2, 0) is 28.6 Å². The lowest BCUT2D eigenvalue weighted by molar-refractivity contribution is -0.889. The molecule has 0 heterocycles. The number of unbranched alkanes of at least 4 members (excludes halogenated alkanes) is 10. The maximum absolute atomic E-state index is 12.8. The predicted molar refractivity (Wildman–Crippen MR) is 290 cm³/mol. The van der Waals surface area contributed by atoms with Crippen molar-refractivity contribution in [2.45, 2.75) is 193 Å². The number of esters is 2. The third-order valence-corrected chi connectivity index (χ3v) is 11.0.